The minimum absolute atomic E-state index is 0.0805. The van der Waals surface area contributed by atoms with Crippen LogP contribution in [0.15, 0.2) is 11.6 Å². The van der Waals surface area contributed by atoms with Crippen LogP contribution < -0.4 is 0 Å². The Morgan fingerprint density at radius 3 is 2.58 bits per heavy atom. The van der Waals surface area contributed by atoms with E-state index < -0.39 is 0 Å². The molecule has 19 heavy (non-hydrogen) atoms. The van der Waals surface area contributed by atoms with Crippen LogP contribution in [0.25, 0.3) is 0 Å². The standard InChI is InChI=1S/C18H28O/c1-12-7-8-18(11-19,13(2)9-12)16-14-5-6-15(10-14)17(16,3)4/h9,11,13-16H,5-8,10H2,1-4H3. The van der Waals surface area contributed by atoms with Crippen LogP contribution in [0.3, 0.4) is 0 Å². The highest BCUT2D eigenvalue weighted by molar-refractivity contribution is 5.62. The van der Waals surface area contributed by atoms with Gasteiger partial charge in [0, 0.05) is 5.41 Å². The van der Waals surface area contributed by atoms with Crippen LogP contribution >= 0.6 is 0 Å². The highest BCUT2D eigenvalue weighted by atomic mass is 16.1. The summed E-state index contributed by atoms with van der Waals surface area (Å²) in [5.41, 5.74) is 1.76. The highest BCUT2D eigenvalue weighted by Crippen LogP contribution is 2.66. The van der Waals surface area contributed by atoms with Crippen LogP contribution in [0.5, 0.6) is 0 Å². The fraction of sp³-hybridized carbons (Fsp3) is 0.833. The van der Waals surface area contributed by atoms with Crippen molar-refractivity contribution in [3.63, 3.8) is 0 Å². The van der Waals surface area contributed by atoms with Gasteiger partial charge in [0.1, 0.15) is 6.29 Å². The SMILES string of the molecule is CC1=CC(C)C(C=O)(C2C3CCC(C3)C2(C)C)CC1. The van der Waals surface area contributed by atoms with Gasteiger partial charge in [0.15, 0.2) is 0 Å². The first kappa shape index (κ1) is 13.4. The number of fused-ring (bicyclic) bond motifs is 2. The van der Waals surface area contributed by atoms with E-state index in [2.05, 4.69) is 33.8 Å². The molecule has 5 unspecified atom stereocenters. The number of hydrogen-bond acceptors (Lipinski definition) is 1. The minimum Gasteiger partial charge on any atom is -0.303 e. The monoisotopic (exact) mass is 260 g/mol. The summed E-state index contributed by atoms with van der Waals surface area (Å²) in [5.74, 6) is 2.69. The van der Waals surface area contributed by atoms with Gasteiger partial charge in [-0.2, -0.15) is 0 Å². The Balaban J connectivity index is 2.01. The van der Waals surface area contributed by atoms with E-state index >= 15 is 0 Å². The molecule has 2 saturated carbocycles. The second kappa shape index (κ2) is 4.20. The summed E-state index contributed by atoms with van der Waals surface area (Å²) in [5, 5.41) is 0. The Kier molecular flexibility index (Phi) is 2.96. The van der Waals surface area contributed by atoms with Crippen LogP contribution in [0.4, 0.5) is 0 Å². The van der Waals surface area contributed by atoms with Crippen molar-refractivity contribution in [2.75, 3.05) is 0 Å². The second-order valence-corrected chi connectivity index (χ2v) is 8.10. The molecule has 106 valence electrons. The quantitative estimate of drug-likeness (QED) is 0.523. The molecular formula is C18H28O. The average Bonchev–Trinajstić information content (AvgIpc) is 2.90. The zero-order valence-electron chi connectivity index (χ0n) is 12.9. The van der Waals surface area contributed by atoms with Gasteiger partial charge in [-0.05, 0) is 68.1 Å². The molecule has 3 aliphatic rings. The Morgan fingerprint density at radius 1 is 1.32 bits per heavy atom. The molecule has 0 aliphatic heterocycles. The predicted molar refractivity (Wildman–Crippen MR) is 78.8 cm³/mol. The third kappa shape index (κ3) is 1.69. The van der Waals surface area contributed by atoms with E-state index in [9.17, 15) is 4.79 Å². The number of carbonyl (C=O) groups excluding carboxylic acids is 1. The average molecular weight is 260 g/mol. The lowest BCUT2D eigenvalue weighted by Crippen LogP contribution is -2.49. The first-order valence-corrected chi connectivity index (χ1v) is 8.05. The molecule has 3 aliphatic carbocycles. The largest absolute Gasteiger partial charge is 0.303 e. The molecule has 0 aromatic heterocycles. The molecule has 0 spiro atoms. The molecule has 1 nitrogen and oxygen atoms in total. The fourth-order valence-corrected chi connectivity index (χ4v) is 5.97. The summed E-state index contributed by atoms with van der Waals surface area (Å²) in [4.78, 5) is 12.1. The van der Waals surface area contributed by atoms with Gasteiger partial charge in [-0.1, -0.05) is 32.4 Å². The lowest BCUT2D eigenvalue weighted by Gasteiger charge is -2.51. The molecule has 3 rings (SSSR count). The molecule has 0 heterocycles. The topological polar surface area (TPSA) is 17.1 Å². The van der Waals surface area contributed by atoms with Crippen molar-refractivity contribution in [3.05, 3.63) is 11.6 Å². The zero-order chi connectivity index (χ0) is 13.8. The van der Waals surface area contributed by atoms with Gasteiger partial charge in [-0.15, -0.1) is 0 Å². The number of hydrogen-bond donors (Lipinski definition) is 0. The van der Waals surface area contributed by atoms with Crippen molar-refractivity contribution in [2.45, 2.75) is 59.8 Å². The summed E-state index contributed by atoms with van der Waals surface area (Å²) < 4.78 is 0. The number of aldehydes is 1. The first-order chi connectivity index (χ1) is 8.91. The first-order valence-electron chi connectivity index (χ1n) is 8.05. The van der Waals surface area contributed by atoms with E-state index in [0.29, 0.717) is 17.3 Å². The van der Waals surface area contributed by atoms with Crippen LogP contribution in [0.2, 0.25) is 0 Å². The molecule has 0 saturated heterocycles. The second-order valence-electron chi connectivity index (χ2n) is 8.10. The molecule has 0 aromatic carbocycles. The van der Waals surface area contributed by atoms with Gasteiger partial charge in [0.25, 0.3) is 0 Å². The van der Waals surface area contributed by atoms with E-state index in [4.69, 9.17) is 0 Å². The molecule has 0 amide bonds. The Hall–Kier alpha value is -0.590. The van der Waals surface area contributed by atoms with Crippen LogP contribution in [-0.4, -0.2) is 6.29 Å². The molecule has 0 radical (unpaired) electrons. The summed E-state index contributed by atoms with van der Waals surface area (Å²) in [7, 11) is 0. The maximum Gasteiger partial charge on any atom is 0.127 e. The molecule has 1 heteroatoms. The van der Waals surface area contributed by atoms with Gasteiger partial charge < -0.3 is 4.79 Å². The molecule has 2 fully saturated rings. The highest BCUT2D eigenvalue weighted by Gasteiger charge is 2.61. The summed E-state index contributed by atoms with van der Waals surface area (Å²) in [6.45, 7) is 9.37. The van der Waals surface area contributed by atoms with Crippen molar-refractivity contribution in [1.82, 2.24) is 0 Å². The molecule has 5 atom stereocenters. The Bertz CT molecular complexity index is 419. The number of carbonyl (C=O) groups is 1. The fourth-order valence-electron chi connectivity index (χ4n) is 5.97. The van der Waals surface area contributed by atoms with Crippen molar-refractivity contribution in [1.29, 1.82) is 0 Å². The number of rotatable bonds is 2. The number of allylic oxidation sites excluding steroid dienone is 2. The molecular weight excluding hydrogens is 232 g/mol. The smallest absolute Gasteiger partial charge is 0.127 e. The Morgan fingerprint density at radius 2 is 2.05 bits per heavy atom. The van der Waals surface area contributed by atoms with Crippen molar-refractivity contribution >= 4 is 6.29 Å². The maximum atomic E-state index is 12.1. The van der Waals surface area contributed by atoms with Crippen LogP contribution in [0, 0.1) is 34.5 Å². The van der Waals surface area contributed by atoms with Gasteiger partial charge in [0.05, 0.1) is 0 Å². The maximum absolute atomic E-state index is 12.1. The minimum atomic E-state index is -0.0805. The van der Waals surface area contributed by atoms with Crippen LogP contribution in [0.1, 0.15) is 59.8 Å². The predicted octanol–water partition coefficient (Wildman–Crippen LogP) is 4.62. The Labute approximate surface area is 117 Å². The van der Waals surface area contributed by atoms with E-state index in [-0.39, 0.29) is 5.41 Å². The third-order valence-electron chi connectivity index (χ3n) is 6.93. The van der Waals surface area contributed by atoms with E-state index in [0.717, 1.165) is 24.7 Å². The molecule has 0 aromatic rings. The van der Waals surface area contributed by atoms with Gasteiger partial charge in [-0.25, -0.2) is 0 Å². The third-order valence-corrected chi connectivity index (χ3v) is 6.93. The van der Waals surface area contributed by atoms with Crippen molar-refractivity contribution in [2.24, 2.45) is 34.5 Å². The van der Waals surface area contributed by atoms with Gasteiger partial charge >= 0.3 is 0 Å². The normalized spacial score (nSPS) is 48.1. The zero-order valence-corrected chi connectivity index (χ0v) is 12.9. The molecule has 2 bridgehead atoms. The lowest BCUT2D eigenvalue weighted by atomic mass is 9.51. The summed E-state index contributed by atoms with van der Waals surface area (Å²) in [6.07, 6.45) is 10.1. The summed E-state index contributed by atoms with van der Waals surface area (Å²) in [6, 6.07) is 0. The molecule has 0 N–H and O–H groups in total. The van der Waals surface area contributed by atoms with Crippen molar-refractivity contribution < 1.29 is 4.79 Å². The van der Waals surface area contributed by atoms with Gasteiger partial charge in [-0.3, -0.25) is 0 Å². The van der Waals surface area contributed by atoms with Crippen molar-refractivity contribution in [3.8, 4) is 0 Å². The van der Waals surface area contributed by atoms with E-state index in [1.54, 1.807) is 0 Å². The van der Waals surface area contributed by atoms with E-state index in [1.165, 1.54) is 31.1 Å². The van der Waals surface area contributed by atoms with E-state index in [1.807, 2.05) is 0 Å². The van der Waals surface area contributed by atoms with Crippen LogP contribution in [-0.2, 0) is 4.79 Å². The summed E-state index contributed by atoms with van der Waals surface area (Å²) >= 11 is 0. The van der Waals surface area contributed by atoms with Gasteiger partial charge in [0.2, 0.25) is 0 Å². The lowest BCUT2D eigenvalue weighted by molar-refractivity contribution is -0.129.